The number of carbonyl (C=O) groups is 8. The van der Waals surface area contributed by atoms with Crippen molar-refractivity contribution in [3.63, 3.8) is 0 Å². The number of hydrogen-bond acceptors (Lipinski definition) is 20. The Bertz CT molecular complexity index is 2870. The molecule has 0 radical (unpaired) electrons. The molecule has 5 amide bonds. The summed E-state index contributed by atoms with van der Waals surface area (Å²) in [6.07, 6.45) is -23.5. The lowest BCUT2D eigenvalue weighted by Crippen LogP contribution is -2.68. The standard InChI is InChI=1S/C57H71F6N5O19S2/c1-31(70)67-44-40(73)26-54(30-69,86-48(44)46(77)42(75)28-65-51(80)35-11-15-37(16-12-35)56(58,59)60)84-20-4-24-89-25-19-64-50(79)34-9-7-33(8-10-34)39(72)6-3-22-88-23-5-21-85-55(53(82)83)27-41(74)45(68-32(2)71)49(87-55)47(78)43(76)29-66-52(81)36-13-17-38(18-14-36)57(61,62)63/h7-18,30,40-49,73-78H,3-6,19-29H2,1-2H3,(H,64,79)(H,65,80)(H,66,81)(H,67,70)(H,68,71)(H,82,83)/t40-,41-,42+,43+,44+,45+,46+,47+,48+,49+,54+,55+/m0/s1. The van der Waals surface area contributed by atoms with Gasteiger partial charge in [-0.2, -0.15) is 49.9 Å². The van der Waals surface area contributed by atoms with Crippen LogP contribution in [0.2, 0.25) is 0 Å². The monoisotopic (exact) mass is 1310 g/mol. The van der Waals surface area contributed by atoms with Crippen LogP contribution in [0.4, 0.5) is 26.3 Å². The molecule has 492 valence electrons. The van der Waals surface area contributed by atoms with Gasteiger partial charge in [-0.25, -0.2) is 4.79 Å². The molecule has 3 aromatic carbocycles. The van der Waals surface area contributed by atoms with Gasteiger partial charge >= 0.3 is 18.3 Å². The van der Waals surface area contributed by atoms with Gasteiger partial charge in [0.05, 0.1) is 60.8 Å². The number of thioether (sulfide) groups is 2. The second kappa shape index (κ2) is 33.7. The molecular weight excluding hydrogens is 1240 g/mol. The summed E-state index contributed by atoms with van der Waals surface area (Å²) in [5.41, 5.74) is -1.72. The minimum atomic E-state index is -4.65. The molecule has 2 saturated heterocycles. The quantitative estimate of drug-likeness (QED) is 0.0179. The van der Waals surface area contributed by atoms with E-state index in [1.165, 1.54) is 47.8 Å². The van der Waals surface area contributed by atoms with Crippen LogP contribution in [0.1, 0.15) is 105 Å². The lowest BCUT2D eigenvalue weighted by atomic mass is 9.88. The van der Waals surface area contributed by atoms with Gasteiger partial charge in [-0.15, -0.1) is 0 Å². The molecule has 0 bridgehead atoms. The van der Waals surface area contributed by atoms with Gasteiger partial charge in [-0.1, -0.05) is 12.1 Å². The van der Waals surface area contributed by atoms with Gasteiger partial charge in [0.2, 0.25) is 17.6 Å². The Morgan fingerprint density at radius 1 is 0.596 bits per heavy atom. The summed E-state index contributed by atoms with van der Waals surface area (Å²) < 4.78 is 101. The van der Waals surface area contributed by atoms with Crippen molar-refractivity contribution in [1.82, 2.24) is 26.6 Å². The van der Waals surface area contributed by atoms with E-state index in [1.807, 2.05) is 0 Å². The van der Waals surface area contributed by atoms with E-state index in [4.69, 9.17) is 18.9 Å². The van der Waals surface area contributed by atoms with Crippen LogP contribution in [-0.4, -0.2) is 212 Å². The molecule has 2 aliphatic heterocycles. The number of benzene rings is 3. The summed E-state index contributed by atoms with van der Waals surface area (Å²) in [5.74, 6) is -8.30. The molecule has 12 N–H and O–H groups in total. The maximum Gasteiger partial charge on any atom is 0.416 e. The Morgan fingerprint density at radius 3 is 1.45 bits per heavy atom. The summed E-state index contributed by atoms with van der Waals surface area (Å²) in [6, 6.07) is 9.60. The number of aliphatic hydroxyl groups excluding tert-OH is 6. The third-order valence-electron chi connectivity index (χ3n) is 14.0. The van der Waals surface area contributed by atoms with Gasteiger partial charge in [0.1, 0.15) is 24.4 Å². The Balaban J connectivity index is 0.978. The summed E-state index contributed by atoms with van der Waals surface area (Å²) in [7, 11) is 0. The van der Waals surface area contributed by atoms with Gasteiger partial charge in [-0.05, 0) is 97.2 Å². The number of halogens is 6. The van der Waals surface area contributed by atoms with Gasteiger partial charge in [0.15, 0.2) is 12.1 Å². The molecule has 89 heavy (non-hydrogen) atoms. The Morgan fingerprint density at radius 2 is 1.00 bits per heavy atom. The predicted molar refractivity (Wildman–Crippen MR) is 305 cm³/mol. The normalized spacial score (nSPS) is 23.4. The van der Waals surface area contributed by atoms with Crippen LogP contribution in [0.25, 0.3) is 0 Å². The largest absolute Gasteiger partial charge is 0.477 e. The second-order valence-corrected chi connectivity index (χ2v) is 23.3. The van der Waals surface area contributed by atoms with E-state index in [9.17, 15) is 100 Å². The van der Waals surface area contributed by atoms with E-state index < -0.39 is 157 Å². The first-order valence-corrected chi connectivity index (χ1v) is 30.2. The number of carboxylic acid groups (broad SMARTS) is 1. The molecule has 0 saturated carbocycles. The van der Waals surface area contributed by atoms with Crippen molar-refractivity contribution < 1.29 is 119 Å². The molecule has 0 aliphatic carbocycles. The third kappa shape index (κ3) is 21.7. The van der Waals surface area contributed by atoms with Crippen molar-refractivity contribution in [3.05, 3.63) is 106 Å². The molecular formula is C57H71F6N5O19S2. The number of ketones is 1. The zero-order valence-corrected chi connectivity index (χ0v) is 49.6. The number of amides is 5. The summed E-state index contributed by atoms with van der Waals surface area (Å²) in [4.78, 5) is 100. The van der Waals surface area contributed by atoms with Crippen LogP contribution in [0, 0.1) is 0 Å². The first-order valence-electron chi connectivity index (χ1n) is 27.8. The number of aliphatic carboxylic acids is 1. The average Bonchev–Trinajstić information content (AvgIpc) is 1.37. The van der Waals surface area contributed by atoms with E-state index in [1.54, 1.807) is 0 Å². The van der Waals surface area contributed by atoms with Crippen LogP contribution < -0.4 is 26.6 Å². The van der Waals surface area contributed by atoms with Crippen LogP contribution in [0.3, 0.4) is 0 Å². The predicted octanol–water partition coefficient (Wildman–Crippen LogP) is 1.99. The van der Waals surface area contributed by atoms with Crippen LogP contribution >= 0.6 is 23.5 Å². The smallest absolute Gasteiger partial charge is 0.416 e. The highest BCUT2D eigenvalue weighted by molar-refractivity contribution is 7.99. The minimum Gasteiger partial charge on any atom is -0.477 e. The van der Waals surface area contributed by atoms with Crippen molar-refractivity contribution in [2.75, 3.05) is 55.9 Å². The number of hydrogen-bond donors (Lipinski definition) is 12. The van der Waals surface area contributed by atoms with Gasteiger partial charge in [0, 0.05) is 80.8 Å². The maximum absolute atomic E-state index is 13.0. The number of carboxylic acids is 1. The topological polar surface area (TPSA) is 375 Å². The number of carbonyl (C=O) groups excluding carboxylic acids is 7. The molecule has 0 unspecified atom stereocenters. The lowest BCUT2D eigenvalue weighted by Gasteiger charge is -2.46. The zero-order valence-electron chi connectivity index (χ0n) is 48.0. The summed E-state index contributed by atoms with van der Waals surface area (Å²) >= 11 is 2.85. The number of aliphatic hydroxyl groups is 6. The minimum absolute atomic E-state index is 0.0989. The molecule has 0 spiro atoms. The fourth-order valence-corrected chi connectivity index (χ4v) is 11.0. The summed E-state index contributed by atoms with van der Waals surface area (Å²) in [6.45, 7) is 0.734. The highest BCUT2D eigenvalue weighted by Crippen LogP contribution is 2.36. The molecule has 12 atom stereocenters. The van der Waals surface area contributed by atoms with Gasteiger partial charge in [-0.3, -0.25) is 33.6 Å². The zero-order chi connectivity index (χ0) is 65.9. The molecule has 2 fully saturated rings. The van der Waals surface area contributed by atoms with Gasteiger partial charge in [0.25, 0.3) is 23.5 Å². The number of nitrogens with one attached hydrogen (secondary N) is 5. The van der Waals surface area contributed by atoms with E-state index in [2.05, 4.69) is 26.6 Å². The van der Waals surface area contributed by atoms with Crippen LogP contribution in [0.15, 0.2) is 72.8 Å². The third-order valence-corrected chi connectivity index (χ3v) is 16.2. The van der Waals surface area contributed by atoms with Crippen LogP contribution in [0.5, 0.6) is 0 Å². The Kier molecular flexibility index (Phi) is 27.8. The number of rotatable bonds is 33. The molecule has 32 heteroatoms. The fraction of sp³-hybridized carbons (Fsp3) is 0.544. The maximum atomic E-state index is 13.0. The second-order valence-electron chi connectivity index (χ2n) is 20.8. The van der Waals surface area contributed by atoms with Crippen molar-refractivity contribution in [2.45, 2.75) is 137 Å². The fourth-order valence-electron chi connectivity index (χ4n) is 9.37. The number of aldehydes is 1. The van der Waals surface area contributed by atoms with Crippen molar-refractivity contribution in [1.29, 1.82) is 0 Å². The molecule has 2 aliphatic rings. The van der Waals surface area contributed by atoms with E-state index in [0.29, 0.717) is 71.2 Å². The molecule has 5 rings (SSSR count). The first kappa shape index (κ1) is 73.4. The van der Waals surface area contributed by atoms with Crippen molar-refractivity contribution >= 4 is 71.1 Å². The number of alkyl halides is 6. The molecule has 3 aromatic rings. The lowest BCUT2D eigenvalue weighted by molar-refractivity contribution is -0.310. The number of ether oxygens (including phenoxy) is 4. The average molecular weight is 1310 g/mol. The summed E-state index contributed by atoms with van der Waals surface area (Å²) in [5, 5.41) is 88.2. The van der Waals surface area contributed by atoms with Gasteiger partial charge < -0.3 is 81.3 Å². The van der Waals surface area contributed by atoms with Crippen molar-refractivity contribution in [2.24, 2.45) is 0 Å². The van der Waals surface area contributed by atoms with E-state index >= 15 is 0 Å². The SMILES string of the molecule is CC(=O)N[C@H]1[C@H]([C@H](O)[C@H](O)CNC(=O)c2ccc(C(F)(F)F)cc2)O[C@](C=O)(OCCCSCCNC(=O)c2ccc(C(=O)CCCSCCCO[C@]3(C(=O)O)C[C@H](O)[C@@H](NC(C)=O)[C@H]([C@H](O)[C@H](O)CNC(=O)c4ccc(C(F)(F)F)cc4)O3)cc2)C[C@@H]1O. The number of Topliss-reactive ketones (excluding diaryl/α,β-unsaturated/α-hetero) is 1. The first-order chi connectivity index (χ1) is 41.9. The molecule has 0 aromatic heterocycles. The highest BCUT2D eigenvalue weighted by atomic mass is 32.2. The highest BCUT2D eigenvalue weighted by Gasteiger charge is 2.56. The Hall–Kier alpha value is -6.30. The van der Waals surface area contributed by atoms with Crippen molar-refractivity contribution in [3.8, 4) is 0 Å². The molecule has 24 nitrogen and oxygen atoms in total. The van der Waals surface area contributed by atoms with E-state index in [0.717, 1.165) is 38.1 Å². The van der Waals surface area contributed by atoms with Crippen LogP contribution in [-0.2, 0) is 50.5 Å². The van der Waals surface area contributed by atoms with E-state index in [-0.39, 0.29) is 55.8 Å². The Labute approximate surface area is 514 Å². The molecule has 2 heterocycles.